The van der Waals surface area contributed by atoms with E-state index in [1.807, 2.05) is 57.2 Å². The van der Waals surface area contributed by atoms with Gasteiger partial charge < -0.3 is 51.0 Å². The number of urea groups is 1. The number of amides is 4. The van der Waals surface area contributed by atoms with E-state index in [-0.39, 0.29) is 30.1 Å². The second-order valence-corrected chi connectivity index (χ2v) is 17.8. The third-order valence-electron chi connectivity index (χ3n) is 11.1. The predicted octanol–water partition coefficient (Wildman–Crippen LogP) is 6.07. The zero-order chi connectivity index (χ0) is 47.7. The first-order valence-corrected chi connectivity index (χ1v) is 22.8. The van der Waals surface area contributed by atoms with Gasteiger partial charge in [-0.25, -0.2) is 14.0 Å². The number of ether oxygens (including phenoxy) is 3. The molecular formula is C47H57N9O9S. The molecule has 0 aliphatic carbocycles. The third kappa shape index (κ3) is 11.8. The van der Waals surface area contributed by atoms with Crippen LogP contribution in [0, 0.1) is 0 Å². The second kappa shape index (κ2) is 21.4. The van der Waals surface area contributed by atoms with Gasteiger partial charge in [-0.2, -0.15) is 0 Å². The summed E-state index contributed by atoms with van der Waals surface area (Å²) in [4.78, 5) is 59.9. The van der Waals surface area contributed by atoms with Crippen LogP contribution in [0.3, 0.4) is 0 Å². The molecule has 1 aliphatic heterocycles. The van der Waals surface area contributed by atoms with Crippen LogP contribution in [0.25, 0.3) is 10.8 Å². The Bertz CT molecular complexity index is 2610. The molecule has 350 valence electrons. The largest absolute Gasteiger partial charge is 0.496 e. The van der Waals surface area contributed by atoms with E-state index in [9.17, 15) is 23.4 Å². The van der Waals surface area contributed by atoms with Gasteiger partial charge in [-0.15, -0.1) is 0 Å². The molecule has 2 heterocycles. The van der Waals surface area contributed by atoms with Gasteiger partial charge in [-0.3, -0.25) is 24.2 Å². The highest BCUT2D eigenvalue weighted by Crippen LogP contribution is 2.46. The van der Waals surface area contributed by atoms with Crippen LogP contribution in [0.1, 0.15) is 49.5 Å². The lowest BCUT2D eigenvalue weighted by Gasteiger charge is -2.34. The predicted molar refractivity (Wildman–Crippen MR) is 256 cm³/mol. The van der Waals surface area contributed by atoms with E-state index in [4.69, 9.17) is 30.8 Å². The van der Waals surface area contributed by atoms with Crippen molar-refractivity contribution in [2.45, 2.75) is 45.1 Å². The number of hydrogen-bond acceptors (Lipinski definition) is 12. The van der Waals surface area contributed by atoms with E-state index < -0.39 is 29.0 Å². The van der Waals surface area contributed by atoms with E-state index in [1.165, 1.54) is 25.4 Å². The van der Waals surface area contributed by atoms with Gasteiger partial charge >= 0.3 is 12.0 Å². The molecule has 18 nitrogen and oxygen atoms in total. The van der Waals surface area contributed by atoms with Gasteiger partial charge in [-0.05, 0) is 59.9 Å². The molecule has 1 unspecified atom stereocenters. The number of carbonyl (C=O) groups is 4. The number of benzene rings is 4. The molecule has 0 bridgehead atoms. The lowest BCUT2D eigenvalue weighted by atomic mass is 9.86. The number of nitrogens with zero attached hydrogens (tertiary/aromatic N) is 4. The van der Waals surface area contributed by atoms with Gasteiger partial charge in [0, 0.05) is 86.7 Å². The van der Waals surface area contributed by atoms with Gasteiger partial charge in [0.25, 0.3) is 5.91 Å². The number of fused-ring (bicyclic) bond motifs is 1. The highest BCUT2D eigenvalue weighted by Gasteiger charge is 2.28. The normalized spacial score (nSPS) is 13.9. The molecule has 1 aromatic heterocycles. The van der Waals surface area contributed by atoms with Gasteiger partial charge in [0.2, 0.25) is 5.91 Å². The van der Waals surface area contributed by atoms with Crippen LogP contribution in [0.2, 0.25) is 0 Å². The number of pyridine rings is 1. The number of nitrogens with two attached hydrogens (primary N) is 2. The fourth-order valence-corrected chi connectivity index (χ4v) is 8.00. The van der Waals surface area contributed by atoms with Crippen LogP contribution in [-0.4, -0.2) is 114 Å². The molecule has 5 aromatic rings. The summed E-state index contributed by atoms with van der Waals surface area (Å²) in [5, 5.41) is 16.5. The number of piperazine rings is 1. The molecule has 8 N–H and O–H groups in total. The highest BCUT2D eigenvalue weighted by atomic mass is 32.2. The average Bonchev–Trinajstić information content (AvgIpc) is 3.28. The number of rotatable bonds is 18. The molecule has 4 aromatic carbocycles. The summed E-state index contributed by atoms with van der Waals surface area (Å²) >= 11 is 0. The minimum atomic E-state index is -1.44. The van der Waals surface area contributed by atoms with E-state index in [0.29, 0.717) is 107 Å². The molecule has 0 spiro atoms. The maximum Gasteiger partial charge on any atom is 0.324 e. The number of primary amides is 1. The minimum Gasteiger partial charge on any atom is -0.496 e. The van der Waals surface area contributed by atoms with Crippen LogP contribution in [0.5, 0.6) is 23.0 Å². The van der Waals surface area contributed by atoms with Crippen LogP contribution in [0.4, 0.5) is 33.4 Å². The van der Waals surface area contributed by atoms with Gasteiger partial charge in [0.05, 0.1) is 36.8 Å². The van der Waals surface area contributed by atoms with Crippen LogP contribution < -0.4 is 45.9 Å². The Morgan fingerprint density at radius 1 is 0.909 bits per heavy atom. The van der Waals surface area contributed by atoms with Crippen molar-refractivity contribution in [3.05, 3.63) is 96.2 Å². The Hall–Kier alpha value is -6.96. The van der Waals surface area contributed by atoms with Gasteiger partial charge in [0.15, 0.2) is 5.75 Å². The number of carboxylic acids is 1. The minimum absolute atomic E-state index is 0.0868. The SMILES string of the molecule is COc1cc(Nc2cc(Oc3ccc(N(C(N)=O)c4cc(C(C)(C)C)cc(NS(C)=O)c4OC)c4ccccc34)ccn2)ccc1C(=O)NCCN1CCN(C(=O)CC[C@@H](N)C(=O)O)CC1. The van der Waals surface area contributed by atoms with E-state index in [2.05, 4.69) is 25.2 Å². The quantitative estimate of drug-likeness (QED) is 0.0585. The highest BCUT2D eigenvalue weighted by molar-refractivity contribution is 7.85. The summed E-state index contributed by atoms with van der Waals surface area (Å²) in [5.74, 6) is 0.535. The Morgan fingerprint density at radius 3 is 2.29 bits per heavy atom. The monoisotopic (exact) mass is 923 g/mol. The van der Waals surface area contributed by atoms with E-state index >= 15 is 0 Å². The number of carbonyl (C=O) groups excluding carboxylic acids is 3. The number of aromatic nitrogens is 1. The molecule has 1 fully saturated rings. The van der Waals surface area contributed by atoms with E-state index in [1.54, 1.807) is 53.6 Å². The number of nitrogens with one attached hydrogen (secondary N) is 3. The molecule has 1 aliphatic rings. The molecule has 19 heteroatoms. The summed E-state index contributed by atoms with van der Waals surface area (Å²) in [6.45, 7) is 9.34. The van der Waals surface area contributed by atoms with Crippen molar-refractivity contribution in [2.24, 2.45) is 11.5 Å². The summed E-state index contributed by atoms with van der Waals surface area (Å²) in [7, 11) is 1.53. The number of carboxylic acid groups (broad SMARTS) is 1. The Balaban J connectivity index is 1.13. The van der Waals surface area contributed by atoms with E-state index in [0.717, 1.165) is 5.56 Å². The van der Waals surface area contributed by atoms with Crippen molar-refractivity contribution in [3.8, 4) is 23.0 Å². The van der Waals surface area contributed by atoms with Crippen molar-refractivity contribution in [3.63, 3.8) is 0 Å². The zero-order valence-corrected chi connectivity index (χ0v) is 38.7. The molecule has 0 saturated carbocycles. The van der Waals surface area contributed by atoms with Crippen molar-refractivity contribution < 1.29 is 42.7 Å². The molecule has 0 radical (unpaired) electrons. The molecule has 1 saturated heterocycles. The lowest BCUT2D eigenvalue weighted by molar-refractivity contribution is -0.139. The molecule has 66 heavy (non-hydrogen) atoms. The Kier molecular flexibility index (Phi) is 15.7. The van der Waals surface area contributed by atoms with Crippen molar-refractivity contribution in [2.75, 3.05) is 74.7 Å². The molecule has 6 rings (SSSR count). The first kappa shape index (κ1) is 48.5. The Labute approximate surface area is 386 Å². The number of hydrogen-bond donors (Lipinski definition) is 6. The van der Waals surface area contributed by atoms with Crippen LogP contribution in [-0.2, 0) is 26.0 Å². The van der Waals surface area contributed by atoms with Gasteiger partial charge in [0.1, 0.15) is 40.1 Å². The molecule has 4 amide bonds. The van der Waals surface area contributed by atoms with Gasteiger partial charge in [-0.1, -0.05) is 45.0 Å². The summed E-state index contributed by atoms with van der Waals surface area (Å²) in [6, 6.07) is 21.4. The summed E-state index contributed by atoms with van der Waals surface area (Å²) in [6.07, 6.45) is 3.29. The van der Waals surface area contributed by atoms with Crippen molar-refractivity contribution >= 4 is 74.1 Å². The lowest BCUT2D eigenvalue weighted by Crippen LogP contribution is -2.50. The third-order valence-corrected chi connectivity index (χ3v) is 11.6. The topological polar surface area (TPSA) is 244 Å². The molecular weight excluding hydrogens is 867 g/mol. The average molecular weight is 924 g/mol. The van der Waals surface area contributed by atoms with Crippen LogP contribution in [0.15, 0.2) is 85.1 Å². The van der Waals surface area contributed by atoms with Crippen LogP contribution >= 0.6 is 0 Å². The summed E-state index contributed by atoms with van der Waals surface area (Å²) < 4.78 is 33.2. The summed E-state index contributed by atoms with van der Waals surface area (Å²) in [5.41, 5.74) is 14.4. The standard InChI is InChI=1S/C47H57N9O9S/c1-47(2,3)29-25-36(53-66(6)62)43(64-5)38(26-29)56(46(49)61)37-14-15-39(33-10-8-7-9-32(33)37)65-31-17-18-50-41(28-31)52-30-11-12-34(40(27-30)63-4)44(58)51-19-20-54-21-23-55(24-22-54)42(57)16-13-35(48)45(59)60/h7-12,14-15,17-18,25-28,35,53H,13,16,19-24,48H2,1-6H3,(H2,49,61)(H,50,52)(H,51,58)(H,59,60)/t35-,66?/m1/s1. The maximum absolute atomic E-state index is 13.4. The number of methoxy groups -OCH3 is 2. The fraction of sp³-hybridized carbons (Fsp3) is 0.340. The zero-order valence-electron chi connectivity index (χ0n) is 37.9. The molecule has 2 atom stereocenters. The van der Waals surface area contributed by atoms with Crippen molar-refractivity contribution in [1.82, 2.24) is 20.1 Å². The first-order valence-electron chi connectivity index (χ1n) is 21.3. The number of anilines is 5. The first-order chi connectivity index (χ1) is 31.5. The maximum atomic E-state index is 13.4. The second-order valence-electron chi connectivity index (χ2n) is 16.7. The Morgan fingerprint density at radius 2 is 1.64 bits per heavy atom. The fourth-order valence-electron chi connectivity index (χ4n) is 7.54. The number of aliphatic carboxylic acids is 1. The smallest absolute Gasteiger partial charge is 0.324 e. The van der Waals surface area contributed by atoms with Crippen molar-refractivity contribution in [1.29, 1.82) is 0 Å².